The van der Waals surface area contributed by atoms with Gasteiger partial charge < -0.3 is 23.9 Å². The number of alkyl halides is 3. The maximum atomic E-state index is 12.7. The number of halogens is 3. The lowest BCUT2D eigenvalue weighted by atomic mass is 10.1. The summed E-state index contributed by atoms with van der Waals surface area (Å²) in [4.78, 5) is 15.9. The van der Waals surface area contributed by atoms with E-state index in [1.807, 2.05) is 30.5 Å². The maximum absolute atomic E-state index is 12.7. The van der Waals surface area contributed by atoms with Gasteiger partial charge in [-0.25, -0.2) is 9.78 Å². The van der Waals surface area contributed by atoms with Crippen molar-refractivity contribution >= 4 is 18.2 Å². The van der Waals surface area contributed by atoms with Crippen LogP contribution in [0.2, 0.25) is 0 Å². The molecule has 0 aliphatic heterocycles. The van der Waals surface area contributed by atoms with Crippen LogP contribution in [0.4, 0.5) is 18.0 Å². The molecular weight excluding hydrogens is 579 g/mol. The van der Waals surface area contributed by atoms with Gasteiger partial charge in [-0.1, -0.05) is 29.5 Å². The molecule has 0 saturated heterocycles. The Balaban J connectivity index is 1.11. The first-order chi connectivity index (χ1) is 21.3. The summed E-state index contributed by atoms with van der Waals surface area (Å²) >= 11 is 0. The van der Waals surface area contributed by atoms with Crippen LogP contribution >= 0.6 is 0 Å². The highest BCUT2D eigenvalue weighted by Crippen LogP contribution is 2.29. The molecule has 0 saturated carbocycles. The lowest BCUT2D eigenvalue weighted by Crippen LogP contribution is -2.28. The van der Waals surface area contributed by atoms with Crippen LogP contribution < -0.4 is 10.1 Å². The van der Waals surface area contributed by atoms with E-state index < -0.39 is 17.8 Å². The maximum Gasteiger partial charge on any atom is 0.416 e. The number of benzene rings is 2. The number of nitrogens with zero attached hydrogens (tertiary/aromatic N) is 4. The molecule has 0 aliphatic rings. The molecule has 1 amide bonds. The molecule has 234 valence electrons. The number of aromatic nitrogens is 4. The summed E-state index contributed by atoms with van der Waals surface area (Å²) in [5.74, 6) is 1.03. The Morgan fingerprint density at radius 1 is 1.00 bits per heavy atom. The number of alkyl carbamates (subject to hydrolysis) is 1. The summed E-state index contributed by atoms with van der Waals surface area (Å²) < 4.78 is 61.1. The zero-order chi connectivity index (χ0) is 31.2. The molecule has 0 aliphatic carbocycles. The molecule has 0 radical (unpaired) electrons. The second-order valence-electron chi connectivity index (χ2n) is 9.80. The van der Waals surface area contributed by atoms with Crippen molar-refractivity contribution in [3.63, 3.8) is 0 Å². The van der Waals surface area contributed by atoms with Gasteiger partial charge in [0.1, 0.15) is 24.3 Å². The van der Waals surface area contributed by atoms with E-state index in [9.17, 15) is 18.0 Å². The van der Waals surface area contributed by atoms with Gasteiger partial charge in [0.15, 0.2) is 0 Å². The number of amides is 1. The number of rotatable bonds is 16. The van der Waals surface area contributed by atoms with E-state index in [2.05, 4.69) is 20.6 Å². The van der Waals surface area contributed by atoms with Gasteiger partial charge in [0.25, 0.3) is 0 Å². The number of oxazole rings is 1. The largest absolute Gasteiger partial charge is 0.487 e. The SMILES string of the molecule is COCCNC(=O)OCCc1cn(CCCCc2ccc(OCc3coc(/C=C/c4ccc(C(F)(F)F)cc4)n3)cc2)nn1. The molecule has 1 N–H and O–H groups in total. The molecule has 4 rings (SSSR count). The lowest BCUT2D eigenvalue weighted by molar-refractivity contribution is -0.137. The summed E-state index contributed by atoms with van der Waals surface area (Å²) in [5, 5.41) is 10.9. The van der Waals surface area contributed by atoms with Gasteiger partial charge in [-0.3, -0.25) is 4.68 Å². The molecule has 10 nitrogen and oxygen atoms in total. The predicted octanol–water partition coefficient (Wildman–Crippen LogP) is 5.97. The van der Waals surface area contributed by atoms with Crippen LogP contribution in [0.3, 0.4) is 0 Å². The van der Waals surface area contributed by atoms with Crippen molar-refractivity contribution in [2.75, 3.05) is 26.9 Å². The van der Waals surface area contributed by atoms with Crippen molar-refractivity contribution in [3.05, 3.63) is 95.0 Å². The number of hydrogen-bond donors (Lipinski definition) is 1. The molecule has 0 spiro atoms. The molecule has 0 atom stereocenters. The summed E-state index contributed by atoms with van der Waals surface area (Å²) in [6.45, 7) is 2.01. The summed E-state index contributed by atoms with van der Waals surface area (Å²) in [5.41, 5.74) is 2.45. The summed E-state index contributed by atoms with van der Waals surface area (Å²) in [7, 11) is 1.56. The second kappa shape index (κ2) is 16.3. The first-order valence-corrected chi connectivity index (χ1v) is 14.1. The minimum Gasteiger partial charge on any atom is -0.487 e. The van der Waals surface area contributed by atoms with Gasteiger partial charge in [-0.2, -0.15) is 13.2 Å². The molecule has 0 bridgehead atoms. The van der Waals surface area contributed by atoms with Gasteiger partial charge in [-0.15, -0.1) is 5.10 Å². The quantitative estimate of drug-likeness (QED) is 0.154. The van der Waals surface area contributed by atoms with Gasteiger partial charge in [0, 0.05) is 38.9 Å². The van der Waals surface area contributed by atoms with Crippen LogP contribution in [-0.4, -0.2) is 52.9 Å². The Kier molecular flexibility index (Phi) is 11.9. The summed E-state index contributed by atoms with van der Waals surface area (Å²) in [6, 6.07) is 12.7. The van der Waals surface area contributed by atoms with E-state index in [0.717, 1.165) is 43.6 Å². The third kappa shape index (κ3) is 10.9. The van der Waals surface area contributed by atoms with Crippen molar-refractivity contribution in [1.29, 1.82) is 0 Å². The highest BCUT2D eigenvalue weighted by molar-refractivity contribution is 5.67. The Morgan fingerprint density at radius 2 is 1.80 bits per heavy atom. The smallest absolute Gasteiger partial charge is 0.416 e. The first-order valence-electron chi connectivity index (χ1n) is 14.1. The van der Waals surface area contributed by atoms with Gasteiger partial charge in [0.2, 0.25) is 5.89 Å². The van der Waals surface area contributed by atoms with E-state index in [-0.39, 0.29) is 13.2 Å². The van der Waals surface area contributed by atoms with Gasteiger partial charge in [0.05, 0.1) is 24.5 Å². The molecule has 2 aromatic carbocycles. The minimum atomic E-state index is -4.36. The van der Waals surface area contributed by atoms with E-state index in [1.165, 1.54) is 24.0 Å². The Bertz CT molecular complexity index is 1470. The van der Waals surface area contributed by atoms with Crippen molar-refractivity contribution in [2.45, 2.75) is 45.0 Å². The number of carbonyl (C=O) groups excluding carboxylic acids is 1. The van der Waals surface area contributed by atoms with E-state index >= 15 is 0 Å². The van der Waals surface area contributed by atoms with Crippen molar-refractivity contribution in [2.24, 2.45) is 0 Å². The van der Waals surface area contributed by atoms with Crippen molar-refractivity contribution in [3.8, 4) is 5.75 Å². The second-order valence-corrected chi connectivity index (χ2v) is 9.80. The molecule has 0 fully saturated rings. The Morgan fingerprint density at radius 3 is 2.55 bits per heavy atom. The van der Waals surface area contributed by atoms with Gasteiger partial charge in [-0.05, 0) is 60.7 Å². The normalized spacial score (nSPS) is 11.6. The highest BCUT2D eigenvalue weighted by Gasteiger charge is 2.29. The fraction of sp³-hybridized carbons (Fsp3) is 0.355. The Hall–Kier alpha value is -4.65. The molecule has 0 unspecified atom stereocenters. The van der Waals surface area contributed by atoms with Crippen LogP contribution in [0, 0.1) is 0 Å². The predicted molar refractivity (Wildman–Crippen MR) is 156 cm³/mol. The van der Waals surface area contributed by atoms with Crippen molar-refractivity contribution < 1.29 is 36.6 Å². The molecule has 4 aromatic rings. The van der Waals surface area contributed by atoms with E-state index in [0.29, 0.717) is 42.5 Å². The fourth-order valence-electron chi connectivity index (χ4n) is 4.05. The van der Waals surface area contributed by atoms with Gasteiger partial charge >= 0.3 is 12.3 Å². The number of ether oxygens (including phenoxy) is 3. The fourth-order valence-corrected chi connectivity index (χ4v) is 4.05. The molecule has 2 aromatic heterocycles. The standard InChI is InChI=1S/C31H34F3N5O5/c1-41-19-16-35-30(40)42-18-15-26-20-39(38-37-26)17-3-2-4-23-7-12-28(13-8-23)43-21-27-22-44-29(36-27)14-9-24-5-10-25(11-6-24)31(32,33)34/h5-14,20,22H,2-4,15-19,21H2,1H3,(H,35,40)/b14-9+. The molecule has 44 heavy (non-hydrogen) atoms. The number of hydrogen-bond acceptors (Lipinski definition) is 8. The number of unbranched alkanes of at least 4 members (excludes halogenated alkanes) is 1. The third-order valence-electron chi connectivity index (χ3n) is 6.39. The zero-order valence-corrected chi connectivity index (χ0v) is 24.3. The average Bonchev–Trinajstić information content (AvgIpc) is 3.67. The summed E-state index contributed by atoms with van der Waals surface area (Å²) in [6.07, 6.45) is 5.03. The molecular formula is C31H34F3N5O5. The van der Waals surface area contributed by atoms with Crippen molar-refractivity contribution in [1.82, 2.24) is 25.3 Å². The van der Waals surface area contributed by atoms with Crippen LogP contribution in [-0.2, 0) is 41.6 Å². The number of carbonyl (C=O) groups is 1. The zero-order valence-electron chi connectivity index (χ0n) is 24.3. The third-order valence-corrected chi connectivity index (χ3v) is 6.39. The topological polar surface area (TPSA) is 114 Å². The number of aryl methyl sites for hydroxylation is 2. The lowest BCUT2D eigenvalue weighted by Gasteiger charge is -2.06. The van der Waals surface area contributed by atoms with E-state index in [1.54, 1.807) is 23.9 Å². The van der Waals surface area contributed by atoms with Crippen LogP contribution in [0.15, 0.2) is 65.4 Å². The van der Waals surface area contributed by atoms with Crippen LogP contribution in [0.25, 0.3) is 12.2 Å². The van der Waals surface area contributed by atoms with Crippen LogP contribution in [0.5, 0.6) is 5.75 Å². The minimum absolute atomic E-state index is 0.213. The monoisotopic (exact) mass is 613 g/mol. The molecule has 2 heterocycles. The highest BCUT2D eigenvalue weighted by atomic mass is 19.4. The Labute approximate surface area is 252 Å². The first kappa shape index (κ1) is 32.3. The average molecular weight is 614 g/mol. The number of nitrogens with one attached hydrogen (secondary N) is 1. The molecule has 13 heteroatoms. The van der Waals surface area contributed by atoms with E-state index in [4.69, 9.17) is 18.6 Å². The number of methoxy groups -OCH3 is 1. The van der Waals surface area contributed by atoms with Crippen LogP contribution in [0.1, 0.15) is 46.8 Å².